The van der Waals surface area contributed by atoms with Crippen LogP contribution in [0.25, 0.3) is 0 Å². The number of para-hydroxylation sites is 1. The van der Waals surface area contributed by atoms with Gasteiger partial charge in [-0.25, -0.2) is 0 Å². The molecule has 98 valence electrons. The Hall–Kier alpha value is -1.67. The summed E-state index contributed by atoms with van der Waals surface area (Å²) in [5.74, 6) is 0. The fraction of sp³-hybridized carbons (Fsp3) is 0.176. The molecule has 0 aliphatic carbocycles. The lowest BCUT2D eigenvalue weighted by Gasteiger charge is -2.13. The van der Waals surface area contributed by atoms with Crippen LogP contribution in [0.15, 0.2) is 72.1 Å². The number of aryl methyl sites for hydroxylation is 1. The highest BCUT2D eigenvalue weighted by Crippen LogP contribution is 2.31. The molecule has 0 radical (unpaired) electrons. The van der Waals surface area contributed by atoms with E-state index in [0.717, 1.165) is 23.4 Å². The molecular weight excluding hydrogens is 250 g/mol. The Kier molecular flexibility index (Phi) is 5.10. The third-order valence-corrected chi connectivity index (χ3v) is 4.38. The molecule has 2 rings (SSSR count). The molecule has 0 unspecified atom stereocenters. The summed E-state index contributed by atoms with van der Waals surface area (Å²) >= 11 is 1.79. The molecule has 0 aliphatic heterocycles. The van der Waals surface area contributed by atoms with Crippen LogP contribution in [0.1, 0.15) is 12.0 Å². The van der Waals surface area contributed by atoms with Gasteiger partial charge in [-0.1, -0.05) is 48.5 Å². The highest BCUT2D eigenvalue weighted by Gasteiger charge is 2.08. The number of rotatable bonds is 6. The highest BCUT2D eigenvalue weighted by atomic mass is 32.2. The van der Waals surface area contributed by atoms with E-state index >= 15 is 0 Å². The Bertz CT molecular complexity index is 522. The van der Waals surface area contributed by atoms with Gasteiger partial charge in [0.15, 0.2) is 0 Å². The van der Waals surface area contributed by atoms with Crippen molar-refractivity contribution in [1.82, 2.24) is 0 Å². The minimum atomic E-state index is 0.393. The van der Waals surface area contributed by atoms with Gasteiger partial charge in [0.1, 0.15) is 0 Å². The Morgan fingerprint density at radius 1 is 1.05 bits per heavy atom. The lowest BCUT2D eigenvalue weighted by Crippen LogP contribution is -2.01. The number of nitrogens with two attached hydrogens (primary N) is 1. The van der Waals surface area contributed by atoms with Crippen molar-refractivity contribution in [1.29, 1.82) is 0 Å². The molecule has 1 nitrogen and oxygen atoms in total. The fourth-order valence-corrected chi connectivity index (χ4v) is 2.95. The third-order valence-electron chi connectivity index (χ3n) is 3.02. The van der Waals surface area contributed by atoms with Gasteiger partial charge in [0.25, 0.3) is 0 Å². The van der Waals surface area contributed by atoms with Gasteiger partial charge >= 0.3 is 0 Å². The number of anilines is 1. The average molecular weight is 269 g/mol. The summed E-state index contributed by atoms with van der Waals surface area (Å²) in [6.07, 6.45) is 4.16. The number of benzene rings is 2. The smallest absolute Gasteiger partial charge is 0.0452 e. The first-order valence-electron chi connectivity index (χ1n) is 6.47. The lowest BCUT2D eigenvalue weighted by molar-refractivity contribution is 0.857. The van der Waals surface area contributed by atoms with Gasteiger partial charge in [0.2, 0.25) is 0 Å². The van der Waals surface area contributed by atoms with Crippen molar-refractivity contribution in [3.8, 4) is 0 Å². The molecule has 1 atom stereocenters. The monoisotopic (exact) mass is 269 g/mol. The molecule has 0 saturated heterocycles. The SMILES string of the molecule is C=C[C@H](CCc1ccccc1)Sc1ccccc1N. The topological polar surface area (TPSA) is 26.0 Å². The van der Waals surface area contributed by atoms with Crippen LogP contribution >= 0.6 is 11.8 Å². The van der Waals surface area contributed by atoms with Crippen LogP contribution in [0.2, 0.25) is 0 Å². The van der Waals surface area contributed by atoms with Gasteiger partial charge in [-0.05, 0) is 30.5 Å². The first-order valence-corrected chi connectivity index (χ1v) is 7.35. The molecule has 0 bridgehead atoms. The number of hydrogen-bond acceptors (Lipinski definition) is 2. The summed E-state index contributed by atoms with van der Waals surface area (Å²) in [6.45, 7) is 3.94. The van der Waals surface area contributed by atoms with Crippen LogP contribution in [-0.2, 0) is 6.42 Å². The molecule has 2 aromatic carbocycles. The van der Waals surface area contributed by atoms with Gasteiger partial charge in [0, 0.05) is 15.8 Å². The van der Waals surface area contributed by atoms with E-state index in [1.165, 1.54) is 5.56 Å². The highest BCUT2D eigenvalue weighted by molar-refractivity contribution is 8.00. The summed E-state index contributed by atoms with van der Waals surface area (Å²) in [4.78, 5) is 1.14. The third kappa shape index (κ3) is 4.18. The lowest BCUT2D eigenvalue weighted by atomic mass is 10.1. The van der Waals surface area contributed by atoms with Crippen LogP contribution in [0.5, 0.6) is 0 Å². The van der Waals surface area contributed by atoms with Crippen molar-refractivity contribution in [2.45, 2.75) is 23.0 Å². The molecule has 0 amide bonds. The predicted molar refractivity (Wildman–Crippen MR) is 85.5 cm³/mol. The predicted octanol–water partition coefficient (Wildman–Crippen LogP) is 4.55. The van der Waals surface area contributed by atoms with E-state index in [1.807, 2.05) is 30.3 Å². The zero-order chi connectivity index (χ0) is 13.5. The van der Waals surface area contributed by atoms with Crippen LogP contribution in [-0.4, -0.2) is 5.25 Å². The second-order valence-corrected chi connectivity index (χ2v) is 5.74. The van der Waals surface area contributed by atoms with Gasteiger partial charge in [-0.2, -0.15) is 0 Å². The maximum atomic E-state index is 5.98. The summed E-state index contributed by atoms with van der Waals surface area (Å²) in [7, 11) is 0. The van der Waals surface area contributed by atoms with E-state index in [9.17, 15) is 0 Å². The van der Waals surface area contributed by atoms with E-state index in [-0.39, 0.29) is 0 Å². The zero-order valence-electron chi connectivity index (χ0n) is 11.0. The van der Waals surface area contributed by atoms with Crippen molar-refractivity contribution in [2.75, 3.05) is 5.73 Å². The quantitative estimate of drug-likeness (QED) is 0.473. The maximum Gasteiger partial charge on any atom is 0.0452 e. The molecule has 0 spiro atoms. The summed E-state index contributed by atoms with van der Waals surface area (Å²) in [5, 5.41) is 0.393. The minimum absolute atomic E-state index is 0.393. The first kappa shape index (κ1) is 13.8. The first-order chi connectivity index (χ1) is 9.29. The van der Waals surface area contributed by atoms with Crippen molar-refractivity contribution < 1.29 is 0 Å². The van der Waals surface area contributed by atoms with Crippen molar-refractivity contribution in [3.05, 3.63) is 72.8 Å². The molecule has 2 N–H and O–H groups in total. The molecule has 0 aliphatic rings. The van der Waals surface area contributed by atoms with E-state index in [1.54, 1.807) is 11.8 Å². The van der Waals surface area contributed by atoms with Crippen LogP contribution < -0.4 is 5.73 Å². The average Bonchev–Trinajstić information content (AvgIpc) is 2.46. The Morgan fingerprint density at radius 3 is 2.42 bits per heavy atom. The van der Waals surface area contributed by atoms with Crippen LogP contribution in [0.4, 0.5) is 5.69 Å². The van der Waals surface area contributed by atoms with Crippen molar-refractivity contribution in [3.63, 3.8) is 0 Å². The standard InChI is InChI=1S/C17H19NS/c1-2-15(13-12-14-8-4-3-5-9-14)19-17-11-7-6-10-16(17)18/h2-11,15H,1,12-13,18H2/t15-/m1/s1. The number of thioether (sulfide) groups is 1. The molecular formula is C17H19NS. The molecule has 2 aromatic rings. The molecule has 0 heterocycles. The van der Waals surface area contributed by atoms with E-state index in [0.29, 0.717) is 5.25 Å². The van der Waals surface area contributed by atoms with Gasteiger partial charge in [-0.3, -0.25) is 0 Å². The summed E-state index contributed by atoms with van der Waals surface area (Å²) < 4.78 is 0. The van der Waals surface area contributed by atoms with Gasteiger partial charge in [-0.15, -0.1) is 18.3 Å². The second-order valence-electron chi connectivity index (χ2n) is 4.45. The van der Waals surface area contributed by atoms with Gasteiger partial charge < -0.3 is 5.73 Å². The maximum absolute atomic E-state index is 5.98. The second kappa shape index (κ2) is 7.05. The van der Waals surface area contributed by atoms with E-state index in [2.05, 4.69) is 36.9 Å². The number of nitrogen functional groups attached to an aromatic ring is 1. The molecule has 2 heteroatoms. The summed E-state index contributed by atoms with van der Waals surface area (Å²) in [6, 6.07) is 18.6. The molecule has 0 aromatic heterocycles. The normalized spacial score (nSPS) is 12.0. The van der Waals surface area contributed by atoms with Gasteiger partial charge in [0.05, 0.1) is 0 Å². The van der Waals surface area contributed by atoms with Crippen LogP contribution in [0.3, 0.4) is 0 Å². The zero-order valence-corrected chi connectivity index (χ0v) is 11.8. The van der Waals surface area contributed by atoms with Crippen molar-refractivity contribution in [2.24, 2.45) is 0 Å². The Balaban J connectivity index is 1.94. The minimum Gasteiger partial charge on any atom is -0.398 e. The van der Waals surface area contributed by atoms with Crippen molar-refractivity contribution >= 4 is 17.4 Å². The Morgan fingerprint density at radius 2 is 1.74 bits per heavy atom. The fourth-order valence-electron chi connectivity index (χ4n) is 1.93. The largest absolute Gasteiger partial charge is 0.398 e. The molecule has 19 heavy (non-hydrogen) atoms. The number of hydrogen-bond donors (Lipinski definition) is 1. The summed E-state index contributed by atoms with van der Waals surface area (Å²) in [5.41, 5.74) is 8.19. The molecule has 0 saturated carbocycles. The van der Waals surface area contributed by atoms with E-state index in [4.69, 9.17) is 5.73 Å². The Labute approximate surface area is 119 Å². The molecule has 0 fully saturated rings. The van der Waals surface area contributed by atoms with Crippen LogP contribution in [0, 0.1) is 0 Å². The van der Waals surface area contributed by atoms with E-state index < -0.39 is 0 Å².